The lowest BCUT2D eigenvalue weighted by molar-refractivity contribution is -0.137. The van der Waals surface area contributed by atoms with Crippen molar-refractivity contribution in [3.8, 4) is 5.75 Å². The molecular formula is C23H26Cl2N4O6. The Morgan fingerprint density at radius 2 is 1.63 bits per heavy atom. The number of hydrogen-bond donors (Lipinski definition) is 3. The Morgan fingerprint density at radius 3 is 2.17 bits per heavy atom. The second kappa shape index (κ2) is 11.1. The van der Waals surface area contributed by atoms with Gasteiger partial charge in [-0.05, 0) is 62.7 Å². The van der Waals surface area contributed by atoms with Crippen LogP contribution in [0.5, 0.6) is 5.75 Å². The number of ether oxygens (including phenoxy) is 2. The van der Waals surface area contributed by atoms with E-state index in [2.05, 4.69) is 10.3 Å². The van der Waals surface area contributed by atoms with Crippen LogP contribution in [0.2, 0.25) is 10.3 Å². The highest BCUT2D eigenvalue weighted by Gasteiger charge is 2.44. The third-order valence-electron chi connectivity index (χ3n) is 5.11. The molecule has 12 heteroatoms. The molecule has 0 aliphatic carbocycles. The molecule has 188 valence electrons. The van der Waals surface area contributed by atoms with Gasteiger partial charge in [0, 0.05) is 18.8 Å². The largest absolute Gasteiger partial charge is 0.489 e. The molecule has 10 nitrogen and oxygen atoms in total. The first kappa shape index (κ1) is 26.5. The predicted octanol–water partition coefficient (Wildman–Crippen LogP) is 3.89. The molecule has 0 bridgehead atoms. The summed E-state index contributed by atoms with van der Waals surface area (Å²) in [5.74, 6) is -2.50. The first-order valence-electron chi connectivity index (χ1n) is 10.7. The van der Waals surface area contributed by atoms with Crippen molar-refractivity contribution in [1.82, 2.24) is 15.4 Å². The highest BCUT2D eigenvalue weighted by molar-refractivity contribution is 6.32. The molecule has 2 aromatic rings. The Balaban J connectivity index is 1.62. The summed E-state index contributed by atoms with van der Waals surface area (Å²) in [4.78, 5) is 42.7. The third-order valence-corrected chi connectivity index (χ3v) is 5.49. The maximum absolute atomic E-state index is 12.9. The number of aromatic nitrogens is 1. The fraction of sp³-hybridized carbons (Fsp3) is 0.391. The quantitative estimate of drug-likeness (QED) is 0.296. The Labute approximate surface area is 212 Å². The van der Waals surface area contributed by atoms with Crippen LogP contribution in [-0.4, -0.2) is 51.7 Å². The number of carbonyl (C=O) groups is 3. The number of halogens is 2. The smallest absolute Gasteiger partial charge is 0.410 e. The van der Waals surface area contributed by atoms with E-state index < -0.39 is 35.3 Å². The fourth-order valence-corrected chi connectivity index (χ4v) is 4.03. The van der Waals surface area contributed by atoms with Gasteiger partial charge in [-0.1, -0.05) is 23.2 Å². The molecule has 0 radical (unpaired) electrons. The van der Waals surface area contributed by atoms with Crippen molar-refractivity contribution < 1.29 is 29.1 Å². The van der Waals surface area contributed by atoms with Crippen LogP contribution in [0.15, 0.2) is 36.4 Å². The second-order valence-electron chi connectivity index (χ2n) is 9.00. The highest BCUT2D eigenvalue weighted by atomic mass is 35.5. The van der Waals surface area contributed by atoms with Crippen LogP contribution in [0.4, 0.5) is 10.5 Å². The summed E-state index contributed by atoms with van der Waals surface area (Å²) in [5, 5.41) is 12.4. The molecule has 1 saturated heterocycles. The number of benzene rings is 1. The zero-order valence-corrected chi connectivity index (χ0v) is 20.9. The van der Waals surface area contributed by atoms with Crippen LogP contribution in [0, 0.1) is 11.8 Å². The molecule has 0 spiro atoms. The summed E-state index contributed by atoms with van der Waals surface area (Å²) >= 11 is 11.8. The molecule has 35 heavy (non-hydrogen) atoms. The number of hydroxylamine groups is 1. The normalized spacial score (nSPS) is 17.6. The molecule has 2 atom stereocenters. The van der Waals surface area contributed by atoms with Gasteiger partial charge in [0.25, 0.3) is 0 Å². The van der Waals surface area contributed by atoms with Gasteiger partial charge in [0.1, 0.15) is 28.3 Å². The van der Waals surface area contributed by atoms with E-state index in [0.717, 1.165) is 5.56 Å². The number of carbonyl (C=O) groups excluding carboxylic acids is 3. The van der Waals surface area contributed by atoms with Gasteiger partial charge in [-0.2, -0.15) is 0 Å². The molecule has 3 amide bonds. The van der Waals surface area contributed by atoms with Gasteiger partial charge in [-0.3, -0.25) is 14.8 Å². The minimum Gasteiger partial charge on any atom is -0.489 e. The topological polar surface area (TPSA) is 130 Å². The number of anilines is 1. The molecule has 1 fully saturated rings. The summed E-state index contributed by atoms with van der Waals surface area (Å²) in [5.41, 5.74) is 2.06. The van der Waals surface area contributed by atoms with E-state index >= 15 is 0 Å². The summed E-state index contributed by atoms with van der Waals surface area (Å²) in [6.45, 7) is 5.29. The standard InChI is InChI=1S/C23H26Cl2N4O6/c1-23(2,3)35-22(32)29-10-16(17(11-29)21(31)28-33)20(30)26-14-4-6-15(7-5-14)34-12-13-8-18(24)27-19(25)9-13/h4-9,16-17,33H,10-12H2,1-3H3,(H,26,30)(H,28,31)/t16-,17-/m0/s1. The zero-order chi connectivity index (χ0) is 25.8. The number of pyridine rings is 1. The maximum atomic E-state index is 12.9. The number of amides is 3. The van der Waals surface area contributed by atoms with E-state index in [-0.39, 0.29) is 30.0 Å². The SMILES string of the molecule is CC(C)(C)OC(=O)N1C[C@H](C(=O)NO)[C@@H](C(=O)Nc2ccc(OCc3cc(Cl)nc(Cl)c3)cc2)C1. The van der Waals surface area contributed by atoms with E-state index in [1.807, 2.05) is 0 Å². The molecule has 3 rings (SSSR count). The number of likely N-dealkylation sites (tertiary alicyclic amines) is 1. The monoisotopic (exact) mass is 524 g/mol. The predicted molar refractivity (Wildman–Crippen MR) is 128 cm³/mol. The van der Waals surface area contributed by atoms with Gasteiger partial charge < -0.3 is 19.7 Å². The third kappa shape index (κ3) is 7.45. The van der Waals surface area contributed by atoms with Crippen molar-refractivity contribution in [2.45, 2.75) is 33.0 Å². The van der Waals surface area contributed by atoms with Crippen molar-refractivity contribution in [3.63, 3.8) is 0 Å². The van der Waals surface area contributed by atoms with Crippen LogP contribution in [0.1, 0.15) is 26.3 Å². The van der Waals surface area contributed by atoms with Crippen molar-refractivity contribution >= 4 is 46.8 Å². The lowest BCUT2D eigenvalue weighted by atomic mass is 9.94. The number of rotatable bonds is 6. The van der Waals surface area contributed by atoms with Crippen LogP contribution in [-0.2, 0) is 20.9 Å². The van der Waals surface area contributed by atoms with Gasteiger partial charge in [0.15, 0.2) is 0 Å². The summed E-state index contributed by atoms with van der Waals surface area (Å²) in [6, 6.07) is 9.90. The van der Waals surface area contributed by atoms with E-state index in [9.17, 15) is 14.4 Å². The number of nitrogens with zero attached hydrogens (tertiary/aromatic N) is 2. The van der Waals surface area contributed by atoms with Crippen LogP contribution < -0.4 is 15.5 Å². The summed E-state index contributed by atoms with van der Waals surface area (Å²) in [7, 11) is 0. The fourth-order valence-electron chi connectivity index (χ4n) is 3.53. The van der Waals surface area contributed by atoms with Crippen molar-refractivity contribution in [1.29, 1.82) is 0 Å². The Hall–Kier alpha value is -3.08. The Morgan fingerprint density at radius 1 is 1.06 bits per heavy atom. The Kier molecular flexibility index (Phi) is 8.42. The van der Waals surface area contributed by atoms with Crippen molar-refractivity contribution in [3.05, 3.63) is 52.3 Å². The van der Waals surface area contributed by atoms with E-state index in [0.29, 0.717) is 11.4 Å². The zero-order valence-electron chi connectivity index (χ0n) is 19.4. The van der Waals surface area contributed by atoms with Gasteiger partial charge in [0.2, 0.25) is 11.8 Å². The van der Waals surface area contributed by atoms with Crippen LogP contribution in [0.3, 0.4) is 0 Å². The molecule has 1 aromatic carbocycles. The average molecular weight is 525 g/mol. The molecule has 1 aliphatic rings. The van der Waals surface area contributed by atoms with E-state index in [4.69, 9.17) is 37.9 Å². The first-order chi connectivity index (χ1) is 16.4. The van der Waals surface area contributed by atoms with Crippen molar-refractivity contribution in [2.24, 2.45) is 11.8 Å². The van der Waals surface area contributed by atoms with Gasteiger partial charge in [-0.15, -0.1) is 0 Å². The lowest BCUT2D eigenvalue weighted by Crippen LogP contribution is -2.38. The first-order valence-corrected chi connectivity index (χ1v) is 11.5. The van der Waals surface area contributed by atoms with Gasteiger partial charge in [0.05, 0.1) is 11.8 Å². The molecular weight excluding hydrogens is 499 g/mol. The van der Waals surface area contributed by atoms with Gasteiger partial charge in [-0.25, -0.2) is 15.3 Å². The summed E-state index contributed by atoms with van der Waals surface area (Å²) in [6.07, 6.45) is -0.637. The molecule has 1 aromatic heterocycles. The summed E-state index contributed by atoms with van der Waals surface area (Å²) < 4.78 is 11.0. The van der Waals surface area contributed by atoms with Gasteiger partial charge >= 0.3 is 6.09 Å². The van der Waals surface area contributed by atoms with Crippen LogP contribution >= 0.6 is 23.2 Å². The number of hydrogen-bond acceptors (Lipinski definition) is 7. The molecule has 0 saturated carbocycles. The molecule has 3 N–H and O–H groups in total. The van der Waals surface area contributed by atoms with E-state index in [1.54, 1.807) is 62.6 Å². The van der Waals surface area contributed by atoms with Crippen LogP contribution in [0.25, 0.3) is 0 Å². The minimum absolute atomic E-state index is 0.0307. The van der Waals surface area contributed by atoms with Crippen molar-refractivity contribution in [2.75, 3.05) is 18.4 Å². The Bertz CT molecular complexity index is 1070. The highest BCUT2D eigenvalue weighted by Crippen LogP contribution is 2.27. The van der Waals surface area contributed by atoms with E-state index in [1.165, 1.54) is 4.90 Å². The number of nitrogens with one attached hydrogen (secondary N) is 2. The lowest BCUT2D eigenvalue weighted by Gasteiger charge is -2.24. The molecule has 1 aliphatic heterocycles. The average Bonchev–Trinajstić information content (AvgIpc) is 3.22. The minimum atomic E-state index is -0.936. The molecule has 0 unspecified atom stereocenters. The molecule has 2 heterocycles. The maximum Gasteiger partial charge on any atom is 0.410 e. The second-order valence-corrected chi connectivity index (χ2v) is 9.77.